The number of hydrogen-bond acceptors (Lipinski definition) is 4. The summed E-state index contributed by atoms with van der Waals surface area (Å²) in [6, 6.07) is 25.2. The van der Waals surface area contributed by atoms with E-state index in [2.05, 4.69) is 4.72 Å². The van der Waals surface area contributed by atoms with Crippen LogP contribution in [0.2, 0.25) is 0 Å². The highest BCUT2D eigenvalue weighted by atomic mass is 32.2. The van der Waals surface area contributed by atoms with Crippen LogP contribution in [0.1, 0.15) is 15.9 Å². The monoisotopic (exact) mass is 444 g/mol. The second kappa shape index (κ2) is 7.69. The molecule has 1 aliphatic rings. The summed E-state index contributed by atoms with van der Waals surface area (Å²) < 4.78 is 34.4. The zero-order valence-corrected chi connectivity index (χ0v) is 18.1. The van der Waals surface area contributed by atoms with Crippen LogP contribution < -0.4 is 14.4 Å². The van der Waals surface area contributed by atoms with Crippen molar-refractivity contribution in [1.82, 2.24) is 0 Å². The number of para-hydroxylation sites is 2. The highest BCUT2D eigenvalue weighted by molar-refractivity contribution is 7.91. The van der Waals surface area contributed by atoms with E-state index >= 15 is 0 Å². The molecule has 1 aliphatic heterocycles. The van der Waals surface area contributed by atoms with Gasteiger partial charge in [0.15, 0.2) is 5.75 Å². The quantitative estimate of drug-likeness (QED) is 0.472. The van der Waals surface area contributed by atoms with Crippen molar-refractivity contribution in [2.75, 3.05) is 16.7 Å². The molecule has 0 atom stereocenters. The van der Waals surface area contributed by atoms with Crippen molar-refractivity contribution < 1.29 is 17.9 Å². The predicted molar refractivity (Wildman–Crippen MR) is 126 cm³/mol. The lowest BCUT2D eigenvalue weighted by Crippen LogP contribution is -2.25. The van der Waals surface area contributed by atoms with E-state index in [1.165, 1.54) is 11.0 Å². The van der Waals surface area contributed by atoms with E-state index < -0.39 is 10.0 Å². The Kier molecular flexibility index (Phi) is 4.83. The zero-order chi connectivity index (χ0) is 22.3. The van der Waals surface area contributed by atoms with Gasteiger partial charge in [-0.3, -0.25) is 9.52 Å². The Morgan fingerprint density at radius 1 is 0.875 bits per heavy atom. The Balaban J connectivity index is 1.45. The maximum Gasteiger partial charge on any atom is 0.261 e. The SMILES string of the molecule is CN1C(=O)c2cc(NS(=O)(=O)Cc3cccc4ccccc34)ccc2Oc2ccccc21. The predicted octanol–water partition coefficient (Wildman–Crippen LogP) is 5.16. The van der Waals surface area contributed by atoms with Gasteiger partial charge in [-0.05, 0) is 46.7 Å². The van der Waals surface area contributed by atoms with Crippen LogP contribution in [0.4, 0.5) is 11.4 Å². The van der Waals surface area contributed by atoms with E-state index in [9.17, 15) is 13.2 Å². The highest BCUT2D eigenvalue weighted by Crippen LogP contribution is 2.39. The first kappa shape index (κ1) is 20.1. The number of amides is 1. The number of carbonyl (C=O) groups is 1. The number of fused-ring (bicyclic) bond motifs is 3. The van der Waals surface area contributed by atoms with E-state index in [1.54, 1.807) is 31.3 Å². The number of nitrogens with one attached hydrogen (secondary N) is 1. The molecule has 6 nitrogen and oxygen atoms in total. The molecule has 5 rings (SSSR count). The first-order valence-electron chi connectivity index (χ1n) is 10.1. The highest BCUT2D eigenvalue weighted by Gasteiger charge is 2.26. The molecule has 4 aromatic carbocycles. The molecule has 0 bridgehead atoms. The minimum Gasteiger partial charge on any atom is -0.454 e. The average Bonchev–Trinajstić information content (AvgIpc) is 2.89. The molecule has 0 aliphatic carbocycles. The molecule has 1 N–H and O–H groups in total. The van der Waals surface area contributed by atoms with Gasteiger partial charge in [0, 0.05) is 12.7 Å². The Hall–Kier alpha value is -3.84. The first-order chi connectivity index (χ1) is 15.4. The number of sulfonamides is 1. The molecule has 0 saturated carbocycles. The summed E-state index contributed by atoms with van der Waals surface area (Å²) in [5.41, 5.74) is 1.95. The number of rotatable bonds is 4. The maximum absolute atomic E-state index is 13.0. The fourth-order valence-corrected chi connectivity index (χ4v) is 5.14. The van der Waals surface area contributed by atoms with Gasteiger partial charge < -0.3 is 9.64 Å². The van der Waals surface area contributed by atoms with E-state index in [1.807, 2.05) is 54.6 Å². The van der Waals surface area contributed by atoms with E-state index in [0.717, 1.165) is 10.8 Å². The molecule has 0 radical (unpaired) electrons. The van der Waals surface area contributed by atoms with Crippen molar-refractivity contribution >= 4 is 38.1 Å². The molecule has 0 spiro atoms. The minimum atomic E-state index is -3.72. The van der Waals surface area contributed by atoms with Crippen molar-refractivity contribution in [1.29, 1.82) is 0 Å². The summed E-state index contributed by atoms with van der Waals surface area (Å²) in [5.74, 6) is 0.483. The van der Waals surface area contributed by atoms with Gasteiger partial charge in [-0.25, -0.2) is 8.42 Å². The van der Waals surface area contributed by atoms with Crippen LogP contribution in [0.15, 0.2) is 84.9 Å². The minimum absolute atomic E-state index is 0.179. The summed E-state index contributed by atoms with van der Waals surface area (Å²) in [7, 11) is -2.05. The molecule has 7 heteroatoms. The van der Waals surface area contributed by atoms with Gasteiger partial charge in [-0.15, -0.1) is 0 Å². The van der Waals surface area contributed by atoms with Gasteiger partial charge in [0.1, 0.15) is 5.75 Å². The lowest BCUT2D eigenvalue weighted by Gasteiger charge is -2.16. The molecule has 4 aromatic rings. The van der Waals surface area contributed by atoms with Gasteiger partial charge in [0.05, 0.1) is 17.0 Å². The Morgan fingerprint density at radius 3 is 2.50 bits per heavy atom. The summed E-state index contributed by atoms with van der Waals surface area (Å²) in [4.78, 5) is 14.5. The topological polar surface area (TPSA) is 75.7 Å². The van der Waals surface area contributed by atoms with Crippen LogP contribution >= 0.6 is 0 Å². The summed E-state index contributed by atoms with van der Waals surface area (Å²) in [5, 5.41) is 1.88. The largest absolute Gasteiger partial charge is 0.454 e. The second-order valence-corrected chi connectivity index (χ2v) is 9.37. The molecule has 0 aromatic heterocycles. The lowest BCUT2D eigenvalue weighted by molar-refractivity contribution is 0.0993. The molecular formula is C25H20N2O4S. The fourth-order valence-electron chi connectivity index (χ4n) is 3.92. The lowest BCUT2D eigenvalue weighted by atomic mass is 10.1. The standard InChI is InChI=1S/C25H20N2O4S/c1-27-22-11-4-5-12-24(22)31-23-14-13-19(15-21(23)25(27)28)26-32(29,30)16-18-9-6-8-17-7-2-3-10-20(17)18/h2-15,26H,16H2,1H3. The Morgan fingerprint density at radius 2 is 1.62 bits per heavy atom. The maximum atomic E-state index is 13.0. The van der Waals surface area contributed by atoms with Crippen molar-refractivity contribution in [3.8, 4) is 11.5 Å². The molecule has 1 amide bonds. The second-order valence-electron chi connectivity index (χ2n) is 7.64. The third-order valence-corrected chi connectivity index (χ3v) is 6.70. The Labute approximate surface area is 186 Å². The van der Waals surface area contributed by atoms with Crippen molar-refractivity contribution in [2.45, 2.75) is 5.75 Å². The van der Waals surface area contributed by atoms with Crippen LogP contribution in [-0.4, -0.2) is 21.4 Å². The van der Waals surface area contributed by atoms with E-state index in [-0.39, 0.29) is 17.2 Å². The summed E-state index contributed by atoms with van der Waals surface area (Å²) >= 11 is 0. The molecule has 32 heavy (non-hydrogen) atoms. The van der Waals surface area contributed by atoms with Crippen LogP contribution in [0.25, 0.3) is 10.8 Å². The molecular weight excluding hydrogens is 424 g/mol. The van der Waals surface area contributed by atoms with Crippen molar-refractivity contribution in [2.24, 2.45) is 0 Å². The van der Waals surface area contributed by atoms with E-state index in [0.29, 0.717) is 28.4 Å². The van der Waals surface area contributed by atoms with Crippen LogP contribution in [0.3, 0.4) is 0 Å². The average molecular weight is 445 g/mol. The van der Waals surface area contributed by atoms with Crippen LogP contribution in [0, 0.1) is 0 Å². The Bertz CT molecular complexity index is 1460. The summed E-state index contributed by atoms with van der Waals surface area (Å²) in [6.07, 6.45) is 0. The van der Waals surface area contributed by atoms with Crippen molar-refractivity contribution in [3.05, 3.63) is 96.1 Å². The molecule has 160 valence electrons. The normalized spacial score (nSPS) is 13.2. The molecule has 1 heterocycles. The number of ether oxygens (including phenoxy) is 1. The molecule has 0 saturated heterocycles. The van der Waals surface area contributed by atoms with Gasteiger partial charge in [-0.1, -0.05) is 54.6 Å². The van der Waals surface area contributed by atoms with Gasteiger partial charge >= 0.3 is 0 Å². The number of carbonyl (C=O) groups excluding carboxylic acids is 1. The number of hydrogen-bond donors (Lipinski definition) is 1. The third-order valence-electron chi connectivity index (χ3n) is 5.46. The van der Waals surface area contributed by atoms with Crippen LogP contribution in [0.5, 0.6) is 11.5 Å². The van der Waals surface area contributed by atoms with Gasteiger partial charge in [0.25, 0.3) is 5.91 Å². The summed E-state index contributed by atoms with van der Waals surface area (Å²) in [6.45, 7) is 0. The van der Waals surface area contributed by atoms with Crippen LogP contribution in [-0.2, 0) is 15.8 Å². The molecule has 0 unspecified atom stereocenters. The first-order valence-corrected chi connectivity index (χ1v) is 11.7. The third kappa shape index (κ3) is 3.67. The number of benzene rings is 4. The van der Waals surface area contributed by atoms with Gasteiger partial charge in [0.2, 0.25) is 10.0 Å². The fraction of sp³-hybridized carbons (Fsp3) is 0.0800. The smallest absolute Gasteiger partial charge is 0.261 e. The van der Waals surface area contributed by atoms with Crippen molar-refractivity contribution in [3.63, 3.8) is 0 Å². The molecule has 0 fully saturated rings. The van der Waals surface area contributed by atoms with Gasteiger partial charge in [-0.2, -0.15) is 0 Å². The number of nitrogens with zero attached hydrogens (tertiary/aromatic N) is 1. The van der Waals surface area contributed by atoms with E-state index in [4.69, 9.17) is 4.74 Å². The number of anilines is 2. The zero-order valence-electron chi connectivity index (χ0n) is 17.3.